The van der Waals surface area contributed by atoms with Crippen molar-refractivity contribution in [3.8, 4) is 0 Å². The molecule has 1 aromatic heterocycles. The number of benzene rings is 2. The Balaban J connectivity index is 1.22. The average molecular weight is 500 g/mol. The average Bonchev–Trinajstić information content (AvgIpc) is 2.92. The number of aryl methyl sites for hydroxylation is 1. The van der Waals surface area contributed by atoms with Crippen LogP contribution in [-0.2, 0) is 22.6 Å². The summed E-state index contributed by atoms with van der Waals surface area (Å²) in [5.74, 6) is 0.502. The van der Waals surface area contributed by atoms with Gasteiger partial charge in [0.05, 0.1) is 19.8 Å². The zero-order chi connectivity index (χ0) is 25.8. The van der Waals surface area contributed by atoms with Crippen LogP contribution in [0.5, 0.6) is 0 Å². The number of aromatic nitrogens is 1. The number of nitrogens with zero attached hydrogens (tertiary/aromatic N) is 4. The highest BCUT2D eigenvalue weighted by molar-refractivity contribution is 5.93. The lowest BCUT2D eigenvalue weighted by Crippen LogP contribution is -2.45. The first-order valence-corrected chi connectivity index (χ1v) is 12.7. The van der Waals surface area contributed by atoms with Crippen molar-refractivity contribution in [2.45, 2.75) is 20.0 Å². The molecule has 1 fully saturated rings. The van der Waals surface area contributed by atoms with Gasteiger partial charge in [-0.3, -0.25) is 15.0 Å². The molecule has 8 nitrogen and oxygen atoms in total. The van der Waals surface area contributed by atoms with Crippen LogP contribution in [0.2, 0.25) is 0 Å². The predicted octanol–water partition coefficient (Wildman–Crippen LogP) is 3.89. The Bertz CT molecular complexity index is 1330. The largest absolute Gasteiger partial charge is 0.379 e. The van der Waals surface area contributed by atoms with Gasteiger partial charge >= 0.3 is 6.03 Å². The van der Waals surface area contributed by atoms with Crippen molar-refractivity contribution in [1.29, 1.82) is 0 Å². The Hall–Kier alpha value is -3.75. The van der Waals surface area contributed by atoms with Crippen LogP contribution in [0.4, 0.5) is 10.6 Å². The van der Waals surface area contributed by atoms with Crippen LogP contribution in [-0.4, -0.2) is 78.1 Å². The molecule has 3 heterocycles. The fourth-order valence-electron chi connectivity index (χ4n) is 4.86. The first-order valence-electron chi connectivity index (χ1n) is 12.7. The minimum Gasteiger partial charge on any atom is -0.379 e. The van der Waals surface area contributed by atoms with Crippen LogP contribution in [0, 0.1) is 6.92 Å². The maximum atomic E-state index is 12.9. The molecule has 37 heavy (non-hydrogen) atoms. The van der Waals surface area contributed by atoms with E-state index >= 15 is 0 Å². The summed E-state index contributed by atoms with van der Waals surface area (Å²) in [4.78, 5) is 35.7. The molecule has 3 aromatic rings. The van der Waals surface area contributed by atoms with Crippen LogP contribution in [0.25, 0.3) is 16.8 Å². The van der Waals surface area contributed by atoms with Gasteiger partial charge in [-0.1, -0.05) is 36.4 Å². The summed E-state index contributed by atoms with van der Waals surface area (Å²) in [6.07, 6.45) is 5.05. The number of amides is 3. The summed E-state index contributed by atoms with van der Waals surface area (Å²) in [5, 5.41) is 5.27. The van der Waals surface area contributed by atoms with E-state index in [1.54, 1.807) is 28.1 Å². The van der Waals surface area contributed by atoms with Crippen LogP contribution < -0.4 is 5.32 Å². The lowest BCUT2D eigenvalue weighted by molar-refractivity contribution is -0.125. The van der Waals surface area contributed by atoms with Gasteiger partial charge in [0.25, 0.3) is 0 Å². The Morgan fingerprint density at radius 2 is 1.92 bits per heavy atom. The normalized spacial score (nSPS) is 16.2. The number of morpholine rings is 1. The van der Waals surface area contributed by atoms with Crippen molar-refractivity contribution >= 4 is 34.6 Å². The van der Waals surface area contributed by atoms with E-state index in [-0.39, 0.29) is 11.9 Å². The second-order valence-corrected chi connectivity index (χ2v) is 9.70. The van der Waals surface area contributed by atoms with E-state index in [0.29, 0.717) is 25.5 Å². The zero-order valence-corrected chi connectivity index (χ0v) is 21.4. The summed E-state index contributed by atoms with van der Waals surface area (Å²) in [5.41, 5.74) is 4.11. The smallest absolute Gasteiger partial charge is 0.323 e. The molecule has 0 aliphatic carbocycles. The number of pyridine rings is 1. The number of rotatable bonds is 7. The lowest BCUT2D eigenvalue weighted by Gasteiger charge is -2.32. The van der Waals surface area contributed by atoms with Crippen LogP contribution >= 0.6 is 0 Å². The minimum atomic E-state index is -0.128. The van der Waals surface area contributed by atoms with Gasteiger partial charge in [0.2, 0.25) is 5.91 Å². The van der Waals surface area contributed by atoms with Gasteiger partial charge in [-0.25, -0.2) is 9.78 Å². The molecule has 2 aliphatic rings. The highest BCUT2D eigenvalue weighted by Gasteiger charge is 2.24. The number of nitrogens with one attached hydrogen (secondary N) is 1. The fraction of sp³-hybridized carbons (Fsp3) is 0.345. The number of likely N-dealkylation sites (N-methyl/N-ethyl adjacent to an activating group) is 1. The molecule has 1 N–H and O–H groups in total. The molecule has 0 saturated carbocycles. The second-order valence-electron chi connectivity index (χ2n) is 9.70. The maximum absolute atomic E-state index is 12.9. The van der Waals surface area contributed by atoms with Gasteiger partial charge in [-0.05, 0) is 46.5 Å². The third-order valence-electron chi connectivity index (χ3n) is 7.09. The van der Waals surface area contributed by atoms with E-state index in [0.717, 1.165) is 49.5 Å². The number of carbonyl (C=O) groups is 2. The van der Waals surface area contributed by atoms with Gasteiger partial charge in [0, 0.05) is 57.6 Å². The SMILES string of the molecule is Cc1ccc(CN(C)C(=O)/C=C/c2cnc3c(c2)CN(CCN2CCOCC2)C(=O)N3)c2ccccc12. The van der Waals surface area contributed by atoms with Crippen LogP contribution in [0.15, 0.2) is 54.7 Å². The van der Waals surface area contributed by atoms with Gasteiger partial charge in [-0.15, -0.1) is 0 Å². The van der Waals surface area contributed by atoms with Crippen molar-refractivity contribution in [2.75, 3.05) is 51.8 Å². The second kappa shape index (κ2) is 11.1. The zero-order valence-electron chi connectivity index (χ0n) is 21.4. The van der Waals surface area contributed by atoms with E-state index in [9.17, 15) is 9.59 Å². The number of fused-ring (bicyclic) bond motifs is 2. The molecule has 0 bridgehead atoms. The number of hydrogen-bond acceptors (Lipinski definition) is 5. The summed E-state index contributed by atoms with van der Waals surface area (Å²) >= 11 is 0. The fourth-order valence-corrected chi connectivity index (χ4v) is 4.86. The van der Waals surface area contributed by atoms with E-state index in [1.165, 1.54) is 16.3 Å². The molecule has 0 unspecified atom stereocenters. The van der Waals surface area contributed by atoms with Crippen molar-refractivity contribution < 1.29 is 14.3 Å². The Morgan fingerprint density at radius 3 is 2.73 bits per heavy atom. The van der Waals surface area contributed by atoms with Gasteiger partial charge in [0.15, 0.2) is 0 Å². The number of hydrogen-bond donors (Lipinski definition) is 1. The minimum absolute atomic E-state index is 0.0807. The van der Waals surface area contributed by atoms with Crippen LogP contribution in [0.1, 0.15) is 22.3 Å². The molecule has 5 rings (SSSR count). The molecule has 3 amide bonds. The first-order chi connectivity index (χ1) is 18.0. The van der Waals surface area contributed by atoms with Crippen molar-refractivity contribution in [3.05, 3.63) is 77.0 Å². The highest BCUT2D eigenvalue weighted by Crippen LogP contribution is 2.24. The molecule has 0 spiro atoms. The molecule has 2 aliphatic heterocycles. The topological polar surface area (TPSA) is 78.0 Å². The predicted molar refractivity (Wildman–Crippen MR) is 145 cm³/mol. The van der Waals surface area contributed by atoms with E-state index < -0.39 is 0 Å². The van der Waals surface area contributed by atoms with E-state index in [4.69, 9.17) is 4.74 Å². The Labute approximate surface area is 217 Å². The summed E-state index contributed by atoms with van der Waals surface area (Å²) in [6, 6.07) is 14.3. The lowest BCUT2D eigenvalue weighted by atomic mass is 10.00. The monoisotopic (exact) mass is 499 g/mol. The number of ether oxygens (including phenoxy) is 1. The molecular weight excluding hydrogens is 466 g/mol. The quantitative estimate of drug-likeness (QED) is 0.499. The molecule has 0 atom stereocenters. The molecule has 192 valence electrons. The molecular formula is C29H33N5O3. The van der Waals surface area contributed by atoms with E-state index in [2.05, 4.69) is 46.4 Å². The molecule has 2 aromatic carbocycles. The third kappa shape index (κ3) is 5.81. The highest BCUT2D eigenvalue weighted by atomic mass is 16.5. The van der Waals surface area contributed by atoms with Crippen molar-refractivity contribution in [3.63, 3.8) is 0 Å². The third-order valence-corrected chi connectivity index (χ3v) is 7.09. The Morgan fingerprint density at radius 1 is 1.14 bits per heavy atom. The van der Waals surface area contributed by atoms with Gasteiger partial charge in [-0.2, -0.15) is 0 Å². The van der Waals surface area contributed by atoms with E-state index in [1.807, 2.05) is 25.2 Å². The van der Waals surface area contributed by atoms with Crippen molar-refractivity contribution in [1.82, 2.24) is 19.7 Å². The first kappa shape index (κ1) is 24.9. The van der Waals surface area contributed by atoms with Gasteiger partial charge in [0.1, 0.15) is 5.82 Å². The summed E-state index contributed by atoms with van der Waals surface area (Å²) in [6.45, 7) is 7.85. The number of urea groups is 1. The maximum Gasteiger partial charge on any atom is 0.323 e. The van der Waals surface area contributed by atoms with Crippen molar-refractivity contribution in [2.24, 2.45) is 0 Å². The van der Waals surface area contributed by atoms with Gasteiger partial charge < -0.3 is 14.5 Å². The molecule has 8 heteroatoms. The molecule has 0 radical (unpaired) electrons. The number of carbonyl (C=O) groups excluding carboxylic acids is 2. The summed E-state index contributed by atoms with van der Waals surface area (Å²) in [7, 11) is 1.81. The summed E-state index contributed by atoms with van der Waals surface area (Å²) < 4.78 is 5.40. The Kier molecular flexibility index (Phi) is 7.48. The molecule has 1 saturated heterocycles. The standard InChI is InChI=1S/C29H33N5O3/c1-21-7-9-23(26-6-4-3-5-25(21)26)19-32(2)27(35)10-8-22-17-24-20-34(29(36)31-28(24)30-18-22)12-11-33-13-15-37-16-14-33/h3-10,17-18H,11-16,19-20H2,1-2H3,(H,30,31,36)/b10-8+. The number of anilines is 1. The van der Waals surface area contributed by atoms with Crippen LogP contribution in [0.3, 0.4) is 0 Å².